The van der Waals surface area contributed by atoms with Gasteiger partial charge in [0.25, 0.3) is 5.56 Å². The van der Waals surface area contributed by atoms with Crippen molar-refractivity contribution in [2.24, 2.45) is 11.1 Å². The van der Waals surface area contributed by atoms with Crippen molar-refractivity contribution < 1.29 is 13.9 Å². The molecule has 2 aromatic rings. The standard InChI is InChI=1S/C23H28F2N4O3/c1-14-17(23(31)29-9-2-3-20(30)22(29)26-14)8-12-28-10-6-15(7-11-28)21(27-32)18-5-4-16(24)13-19(18)25/h4-5,13,15,20-21,30H,2-3,6-12H2,1H3. The number of aryl methyl sites for hydroxylation is 1. The highest BCUT2D eigenvalue weighted by Crippen LogP contribution is 2.35. The highest BCUT2D eigenvalue weighted by molar-refractivity contribution is 5.23. The minimum Gasteiger partial charge on any atom is -0.385 e. The van der Waals surface area contributed by atoms with E-state index in [0.29, 0.717) is 68.9 Å². The molecule has 0 radical (unpaired) electrons. The number of hydrogen-bond acceptors (Lipinski definition) is 6. The first-order valence-corrected chi connectivity index (χ1v) is 11.2. The van der Waals surface area contributed by atoms with Crippen LogP contribution < -0.4 is 5.56 Å². The first-order chi connectivity index (χ1) is 15.4. The van der Waals surface area contributed by atoms with Gasteiger partial charge in [0.05, 0.1) is 0 Å². The zero-order valence-electron chi connectivity index (χ0n) is 18.1. The summed E-state index contributed by atoms with van der Waals surface area (Å²) in [5.41, 5.74) is 1.41. The van der Waals surface area contributed by atoms with Gasteiger partial charge in [-0.2, -0.15) is 4.91 Å². The van der Waals surface area contributed by atoms with Gasteiger partial charge in [0.15, 0.2) is 0 Å². The van der Waals surface area contributed by atoms with Gasteiger partial charge in [-0.1, -0.05) is 11.2 Å². The summed E-state index contributed by atoms with van der Waals surface area (Å²) < 4.78 is 28.9. The van der Waals surface area contributed by atoms with Crippen molar-refractivity contribution in [2.75, 3.05) is 19.6 Å². The predicted molar refractivity (Wildman–Crippen MR) is 115 cm³/mol. The number of likely N-dealkylation sites (tertiary alicyclic amines) is 1. The average molecular weight is 446 g/mol. The minimum absolute atomic E-state index is 0.0712. The lowest BCUT2D eigenvalue weighted by molar-refractivity contribution is 0.129. The van der Waals surface area contributed by atoms with Gasteiger partial charge in [0.1, 0.15) is 29.6 Å². The fourth-order valence-corrected chi connectivity index (χ4v) is 4.95. The molecule has 2 atom stereocenters. The molecule has 2 unspecified atom stereocenters. The summed E-state index contributed by atoms with van der Waals surface area (Å²) in [7, 11) is 0. The van der Waals surface area contributed by atoms with E-state index in [0.717, 1.165) is 18.6 Å². The predicted octanol–water partition coefficient (Wildman–Crippen LogP) is 3.42. The summed E-state index contributed by atoms with van der Waals surface area (Å²) in [5.74, 6) is -1.06. The van der Waals surface area contributed by atoms with Crippen molar-refractivity contribution in [1.29, 1.82) is 0 Å². The van der Waals surface area contributed by atoms with Gasteiger partial charge in [-0.25, -0.2) is 13.8 Å². The van der Waals surface area contributed by atoms with Crippen molar-refractivity contribution in [3.05, 3.63) is 67.7 Å². The van der Waals surface area contributed by atoms with Crippen LogP contribution in [-0.2, 0) is 13.0 Å². The Morgan fingerprint density at radius 2 is 1.97 bits per heavy atom. The second-order valence-corrected chi connectivity index (χ2v) is 8.79. The van der Waals surface area contributed by atoms with Crippen molar-refractivity contribution >= 4 is 0 Å². The number of aliphatic hydroxyl groups is 1. The van der Waals surface area contributed by atoms with Crippen LogP contribution in [0.4, 0.5) is 8.78 Å². The highest BCUT2D eigenvalue weighted by Gasteiger charge is 2.31. The molecule has 172 valence electrons. The molecule has 0 bridgehead atoms. The third-order valence-corrected chi connectivity index (χ3v) is 6.81. The van der Waals surface area contributed by atoms with Crippen molar-refractivity contribution in [3.8, 4) is 0 Å². The second-order valence-electron chi connectivity index (χ2n) is 8.79. The van der Waals surface area contributed by atoms with E-state index >= 15 is 0 Å². The highest BCUT2D eigenvalue weighted by atomic mass is 19.1. The van der Waals surface area contributed by atoms with Crippen LogP contribution in [0.3, 0.4) is 0 Å². The molecule has 9 heteroatoms. The Kier molecular flexibility index (Phi) is 6.76. The van der Waals surface area contributed by atoms with Crippen LogP contribution in [0.15, 0.2) is 28.2 Å². The lowest BCUT2D eigenvalue weighted by atomic mass is 9.85. The molecule has 0 aliphatic carbocycles. The lowest BCUT2D eigenvalue weighted by Crippen LogP contribution is -2.38. The van der Waals surface area contributed by atoms with E-state index in [1.54, 1.807) is 4.57 Å². The van der Waals surface area contributed by atoms with Gasteiger partial charge in [-0.05, 0) is 64.1 Å². The zero-order chi connectivity index (χ0) is 22.8. The van der Waals surface area contributed by atoms with Crippen LogP contribution in [0.5, 0.6) is 0 Å². The number of aliphatic hydroxyl groups excluding tert-OH is 1. The van der Waals surface area contributed by atoms with Crippen LogP contribution >= 0.6 is 0 Å². The Labute approximate surface area is 185 Å². The number of fused-ring (bicyclic) bond motifs is 1. The first kappa shape index (κ1) is 22.7. The fraction of sp³-hybridized carbons (Fsp3) is 0.565. The van der Waals surface area contributed by atoms with E-state index in [9.17, 15) is 23.6 Å². The largest absolute Gasteiger partial charge is 0.385 e. The van der Waals surface area contributed by atoms with Crippen LogP contribution in [0.2, 0.25) is 0 Å². The summed E-state index contributed by atoms with van der Waals surface area (Å²) in [5, 5.41) is 13.3. The molecule has 1 aromatic heterocycles. The molecule has 3 heterocycles. The Bertz CT molecular complexity index is 1050. The van der Waals surface area contributed by atoms with E-state index in [1.165, 1.54) is 6.07 Å². The number of piperidine rings is 1. The molecule has 2 aliphatic rings. The van der Waals surface area contributed by atoms with Gasteiger partial charge in [-0.15, -0.1) is 0 Å². The number of nitroso groups, excluding NO2 is 1. The number of nitrogens with zero attached hydrogens (tertiary/aromatic N) is 4. The van der Waals surface area contributed by atoms with Crippen molar-refractivity contribution in [3.63, 3.8) is 0 Å². The maximum Gasteiger partial charge on any atom is 0.257 e. The van der Waals surface area contributed by atoms with E-state index in [-0.39, 0.29) is 17.0 Å². The van der Waals surface area contributed by atoms with E-state index in [4.69, 9.17) is 0 Å². The molecule has 1 fully saturated rings. The minimum atomic E-state index is -0.832. The quantitative estimate of drug-likeness (QED) is 0.687. The summed E-state index contributed by atoms with van der Waals surface area (Å²) >= 11 is 0. The molecule has 2 aliphatic heterocycles. The Morgan fingerprint density at radius 3 is 2.66 bits per heavy atom. The maximum absolute atomic E-state index is 14.1. The maximum atomic E-state index is 14.1. The van der Waals surface area contributed by atoms with E-state index in [2.05, 4.69) is 15.1 Å². The van der Waals surface area contributed by atoms with Crippen LogP contribution in [-0.4, -0.2) is 39.2 Å². The molecular formula is C23H28F2N4O3. The van der Waals surface area contributed by atoms with Crippen LogP contribution in [0, 0.1) is 29.4 Å². The summed E-state index contributed by atoms with van der Waals surface area (Å²) in [6.07, 6.45) is 2.58. The molecule has 0 spiro atoms. The Balaban J connectivity index is 1.39. The first-order valence-electron chi connectivity index (χ1n) is 11.2. The van der Waals surface area contributed by atoms with Crippen LogP contribution in [0.1, 0.15) is 60.5 Å². The average Bonchev–Trinajstić information content (AvgIpc) is 2.77. The second kappa shape index (κ2) is 9.54. The molecule has 1 N–H and O–H groups in total. The molecular weight excluding hydrogens is 418 g/mol. The Hall–Kier alpha value is -2.52. The van der Waals surface area contributed by atoms with Crippen LogP contribution in [0.25, 0.3) is 0 Å². The number of benzene rings is 1. The van der Waals surface area contributed by atoms with E-state index < -0.39 is 23.8 Å². The molecule has 1 saturated heterocycles. The number of hydrogen-bond donors (Lipinski definition) is 1. The number of aromatic nitrogens is 2. The van der Waals surface area contributed by atoms with Gasteiger partial charge < -0.3 is 10.0 Å². The molecule has 0 saturated carbocycles. The van der Waals surface area contributed by atoms with Gasteiger partial charge in [-0.3, -0.25) is 9.36 Å². The Morgan fingerprint density at radius 1 is 1.22 bits per heavy atom. The summed E-state index contributed by atoms with van der Waals surface area (Å²) in [6.45, 7) is 4.48. The third kappa shape index (κ3) is 4.49. The third-order valence-electron chi connectivity index (χ3n) is 6.81. The summed E-state index contributed by atoms with van der Waals surface area (Å²) in [4.78, 5) is 31.1. The lowest BCUT2D eigenvalue weighted by Gasteiger charge is -2.34. The molecule has 32 heavy (non-hydrogen) atoms. The normalized spacial score (nSPS) is 20.7. The SMILES string of the molecule is Cc1nc2n(c(=O)c1CCN1CCC(C(N=O)c3ccc(F)cc3F)CC1)CCCC2O. The van der Waals surface area contributed by atoms with Crippen molar-refractivity contribution in [2.45, 2.75) is 57.7 Å². The molecule has 7 nitrogen and oxygen atoms in total. The topological polar surface area (TPSA) is 87.8 Å². The van der Waals surface area contributed by atoms with Gasteiger partial charge >= 0.3 is 0 Å². The fourth-order valence-electron chi connectivity index (χ4n) is 4.95. The monoisotopic (exact) mass is 446 g/mol. The zero-order valence-corrected chi connectivity index (χ0v) is 18.1. The van der Waals surface area contributed by atoms with E-state index in [1.807, 2.05) is 6.92 Å². The molecule has 0 amide bonds. The molecule has 4 rings (SSSR count). The number of rotatable bonds is 6. The number of halogens is 2. The summed E-state index contributed by atoms with van der Waals surface area (Å²) in [6, 6.07) is 2.41. The molecule has 1 aromatic carbocycles. The smallest absolute Gasteiger partial charge is 0.257 e. The van der Waals surface area contributed by atoms with Gasteiger partial charge in [0.2, 0.25) is 0 Å². The van der Waals surface area contributed by atoms with Gasteiger partial charge in [0, 0.05) is 36.0 Å². The van der Waals surface area contributed by atoms with Crippen molar-refractivity contribution in [1.82, 2.24) is 14.5 Å².